The highest BCUT2D eigenvalue weighted by atomic mass is 16.5. The van der Waals surface area contributed by atoms with Crippen molar-refractivity contribution in [3.05, 3.63) is 144 Å². The van der Waals surface area contributed by atoms with Gasteiger partial charge in [0.15, 0.2) is 5.69 Å². The summed E-state index contributed by atoms with van der Waals surface area (Å²) >= 11 is 0. The van der Waals surface area contributed by atoms with E-state index in [0.717, 1.165) is 49.9 Å². The molecule has 0 radical (unpaired) electrons. The van der Waals surface area contributed by atoms with Crippen molar-refractivity contribution in [2.24, 2.45) is 0 Å². The molecule has 0 spiro atoms. The van der Waals surface area contributed by atoms with E-state index in [1.54, 1.807) is 25.3 Å². The van der Waals surface area contributed by atoms with Crippen LogP contribution in [0.15, 0.2) is 127 Å². The Labute approximate surface area is 253 Å². The van der Waals surface area contributed by atoms with E-state index < -0.39 is 0 Å². The first-order chi connectivity index (χ1) is 21.7. The van der Waals surface area contributed by atoms with Gasteiger partial charge in [-0.05, 0) is 77.9 Å². The average molecular weight is 565 g/mol. The molecule has 6 aromatic carbocycles. The topological polar surface area (TPSA) is 47.2 Å². The second-order valence-electron chi connectivity index (χ2n) is 10.8. The first-order valence-corrected chi connectivity index (χ1v) is 14.3. The van der Waals surface area contributed by atoms with Gasteiger partial charge in [-0.1, -0.05) is 60.7 Å². The Morgan fingerprint density at radius 2 is 1.23 bits per heavy atom. The molecule has 0 amide bonds. The van der Waals surface area contributed by atoms with Gasteiger partial charge in [-0.2, -0.15) is 5.26 Å². The van der Waals surface area contributed by atoms with Gasteiger partial charge in [0, 0.05) is 27.2 Å². The molecule has 2 aromatic heterocycles. The maximum atomic E-state index is 9.97. The minimum absolute atomic E-state index is 0.488. The number of methoxy groups -OCH3 is 1. The number of para-hydroxylation sites is 2. The van der Waals surface area contributed by atoms with Gasteiger partial charge >= 0.3 is 0 Å². The lowest BCUT2D eigenvalue weighted by molar-refractivity contribution is 0.415. The minimum atomic E-state index is 0.488. The third kappa shape index (κ3) is 3.78. The minimum Gasteiger partial charge on any atom is -0.497 e. The highest BCUT2D eigenvalue weighted by Gasteiger charge is 2.18. The fourth-order valence-corrected chi connectivity index (χ4v) is 6.45. The zero-order valence-corrected chi connectivity index (χ0v) is 23.8. The largest absolute Gasteiger partial charge is 0.497 e. The maximum absolute atomic E-state index is 9.97. The Morgan fingerprint density at radius 1 is 0.614 bits per heavy atom. The molecule has 5 nitrogen and oxygen atoms in total. The van der Waals surface area contributed by atoms with E-state index in [-0.39, 0.29) is 0 Å². The van der Waals surface area contributed by atoms with Crippen LogP contribution in [0.5, 0.6) is 5.75 Å². The first-order valence-electron chi connectivity index (χ1n) is 14.3. The molecule has 44 heavy (non-hydrogen) atoms. The molecule has 8 rings (SSSR count). The van der Waals surface area contributed by atoms with Crippen molar-refractivity contribution in [1.29, 1.82) is 5.26 Å². The maximum Gasteiger partial charge on any atom is 0.189 e. The Hall–Kier alpha value is -6.30. The van der Waals surface area contributed by atoms with Gasteiger partial charge in [0.2, 0.25) is 0 Å². The van der Waals surface area contributed by atoms with Crippen LogP contribution in [0.2, 0.25) is 0 Å². The number of fused-ring (bicyclic) bond motifs is 6. The van der Waals surface area contributed by atoms with Crippen molar-refractivity contribution in [2.45, 2.75) is 0 Å². The normalized spacial score (nSPS) is 11.2. The van der Waals surface area contributed by atoms with E-state index >= 15 is 0 Å². The van der Waals surface area contributed by atoms with Crippen LogP contribution in [-0.2, 0) is 0 Å². The lowest BCUT2D eigenvalue weighted by atomic mass is 10.0. The van der Waals surface area contributed by atoms with Crippen LogP contribution in [0.1, 0.15) is 5.56 Å². The van der Waals surface area contributed by atoms with Crippen molar-refractivity contribution in [1.82, 2.24) is 9.13 Å². The molecule has 2 heterocycles. The molecule has 0 atom stereocenters. The lowest BCUT2D eigenvalue weighted by Crippen LogP contribution is -1.97. The third-order valence-corrected chi connectivity index (χ3v) is 8.46. The number of nitrogens with zero attached hydrogens (tertiary/aromatic N) is 4. The van der Waals surface area contributed by atoms with Gasteiger partial charge in [0.05, 0.1) is 47.0 Å². The smallest absolute Gasteiger partial charge is 0.189 e. The Morgan fingerprint density at radius 3 is 1.93 bits per heavy atom. The lowest BCUT2D eigenvalue weighted by Gasteiger charge is -2.11. The molecule has 0 aliphatic carbocycles. The monoisotopic (exact) mass is 564 g/mol. The van der Waals surface area contributed by atoms with E-state index in [1.807, 2.05) is 24.3 Å². The summed E-state index contributed by atoms with van der Waals surface area (Å²) in [7, 11) is 1.67. The second-order valence-corrected chi connectivity index (χ2v) is 10.8. The molecule has 0 saturated heterocycles. The molecule has 5 heteroatoms. The summed E-state index contributed by atoms with van der Waals surface area (Å²) in [5.41, 5.74) is 9.26. The number of nitriles is 1. The standard InChI is InChI=1S/C39H24N4O/c1-41-28-15-12-27(24-40)39(22-28)43-37-18-14-26(21-33(37)34-23-30(44-2)16-19-38(34)43)25-13-17-36-32(20-25)31-10-6-7-11-35(31)42(36)29-8-4-3-5-9-29/h3-23H,2H3. The predicted molar refractivity (Wildman–Crippen MR) is 178 cm³/mol. The van der Waals surface area contributed by atoms with Gasteiger partial charge in [0.25, 0.3) is 0 Å². The summed E-state index contributed by atoms with van der Waals surface area (Å²) in [5.74, 6) is 0.757. The van der Waals surface area contributed by atoms with Gasteiger partial charge in [0.1, 0.15) is 11.8 Å². The van der Waals surface area contributed by atoms with Crippen molar-refractivity contribution in [2.75, 3.05) is 7.11 Å². The third-order valence-electron chi connectivity index (χ3n) is 8.46. The van der Waals surface area contributed by atoms with E-state index in [9.17, 15) is 5.26 Å². The van der Waals surface area contributed by atoms with Crippen LogP contribution in [0.25, 0.3) is 71.0 Å². The van der Waals surface area contributed by atoms with Crippen molar-refractivity contribution >= 4 is 49.3 Å². The first kappa shape index (κ1) is 25.4. The molecule has 0 aliphatic heterocycles. The number of hydrogen-bond acceptors (Lipinski definition) is 2. The Bertz CT molecular complexity index is 2510. The molecule has 0 N–H and O–H groups in total. The number of aromatic nitrogens is 2. The highest BCUT2D eigenvalue weighted by molar-refractivity contribution is 6.13. The van der Waals surface area contributed by atoms with Crippen molar-refractivity contribution in [3.63, 3.8) is 0 Å². The quantitative estimate of drug-likeness (QED) is 0.200. The van der Waals surface area contributed by atoms with Crippen LogP contribution < -0.4 is 4.74 Å². The zero-order chi connectivity index (χ0) is 29.8. The van der Waals surface area contributed by atoms with Gasteiger partial charge in [-0.15, -0.1) is 0 Å². The van der Waals surface area contributed by atoms with Gasteiger partial charge < -0.3 is 13.9 Å². The fourth-order valence-electron chi connectivity index (χ4n) is 6.45. The van der Waals surface area contributed by atoms with Crippen LogP contribution in [-0.4, -0.2) is 16.2 Å². The van der Waals surface area contributed by atoms with E-state index in [4.69, 9.17) is 11.3 Å². The fraction of sp³-hybridized carbons (Fsp3) is 0.0256. The summed E-state index contributed by atoms with van der Waals surface area (Å²) in [4.78, 5) is 3.63. The van der Waals surface area contributed by atoms with E-state index in [2.05, 4.69) is 105 Å². The Kier molecular flexibility index (Phi) is 5.72. The van der Waals surface area contributed by atoms with Crippen molar-refractivity contribution in [3.8, 4) is 34.3 Å². The molecule has 8 aromatic rings. The summed E-state index contributed by atoms with van der Waals surface area (Å²) in [5, 5.41) is 14.4. The molecular weight excluding hydrogens is 540 g/mol. The number of ether oxygens (including phenoxy) is 1. The molecule has 0 bridgehead atoms. The van der Waals surface area contributed by atoms with Gasteiger partial charge in [-0.25, -0.2) is 4.85 Å². The SMILES string of the molecule is [C-]#[N+]c1ccc(C#N)c(-n2c3ccc(OC)cc3c3cc(-c4ccc5c(c4)c4ccccc4n5-c4ccccc4)ccc32)c1. The molecule has 0 fully saturated rings. The number of benzene rings is 6. The second kappa shape index (κ2) is 9.91. The van der Waals surface area contributed by atoms with Gasteiger partial charge in [-0.3, -0.25) is 0 Å². The highest BCUT2D eigenvalue weighted by Crippen LogP contribution is 2.40. The van der Waals surface area contributed by atoms with Crippen molar-refractivity contribution < 1.29 is 4.74 Å². The summed E-state index contributed by atoms with van der Waals surface area (Å²) < 4.78 is 10.0. The molecule has 206 valence electrons. The zero-order valence-electron chi connectivity index (χ0n) is 23.8. The Balaban J connectivity index is 1.38. The molecule has 0 aliphatic rings. The summed E-state index contributed by atoms with van der Waals surface area (Å²) in [6.07, 6.45) is 0. The summed E-state index contributed by atoms with van der Waals surface area (Å²) in [6.45, 7) is 7.57. The van der Waals surface area contributed by atoms with E-state index in [1.165, 1.54) is 16.3 Å². The number of hydrogen-bond donors (Lipinski definition) is 0. The molecular formula is C39H24N4O. The predicted octanol–water partition coefficient (Wildman–Crippen LogP) is 9.98. The van der Waals surface area contributed by atoms with Crippen LogP contribution in [0.4, 0.5) is 5.69 Å². The number of rotatable bonds is 4. The van der Waals surface area contributed by atoms with E-state index in [0.29, 0.717) is 16.9 Å². The van der Waals surface area contributed by atoms with Crippen LogP contribution in [0.3, 0.4) is 0 Å². The van der Waals surface area contributed by atoms with Crippen LogP contribution >= 0.6 is 0 Å². The summed E-state index contributed by atoms with van der Waals surface area (Å²) in [6, 6.07) is 45.7. The molecule has 0 unspecified atom stereocenters. The molecule has 0 saturated carbocycles. The average Bonchev–Trinajstić information content (AvgIpc) is 3.59. The van der Waals surface area contributed by atoms with Crippen LogP contribution in [0, 0.1) is 17.9 Å².